The van der Waals surface area contributed by atoms with E-state index in [-0.39, 0.29) is 0 Å². The molecule has 2 nitrogen and oxygen atoms in total. The van der Waals surface area contributed by atoms with Crippen LogP contribution in [0.5, 0.6) is 0 Å². The number of hydrogen-bond acceptors (Lipinski definition) is 1. The molecule has 0 saturated carbocycles. The first kappa shape index (κ1) is 9.14. The van der Waals surface area contributed by atoms with Gasteiger partial charge in [-0.1, -0.05) is 20.8 Å². The van der Waals surface area contributed by atoms with Gasteiger partial charge in [0.05, 0.1) is 0 Å². The molecular formula is C7H11FO2. The number of halogens is 1. The van der Waals surface area contributed by atoms with Gasteiger partial charge in [-0.05, 0) is 11.5 Å². The summed E-state index contributed by atoms with van der Waals surface area (Å²) in [7, 11) is 0. The molecule has 0 aromatic carbocycles. The van der Waals surface area contributed by atoms with Crippen LogP contribution in [0, 0.1) is 5.41 Å². The summed E-state index contributed by atoms with van der Waals surface area (Å²) in [6.07, 6.45) is 1.08. The minimum Gasteiger partial charge on any atom is -0.476 e. The number of carboxylic acids is 1. The van der Waals surface area contributed by atoms with Crippen LogP contribution in [0.1, 0.15) is 20.8 Å². The zero-order valence-electron chi connectivity index (χ0n) is 6.31. The first-order valence-corrected chi connectivity index (χ1v) is 2.94. The number of carbonyl (C=O) groups is 1. The largest absolute Gasteiger partial charge is 0.476 e. The fourth-order valence-electron chi connectivity index (χ4n) is 0.442. The molecule has 0 aromatic rings. The average Bonchev–Trinajstić information content (AvgIpc) is 1.60. The van der Waals surface area contributed by atoms with Crippen LogP contribution in [0.25, 0.3) is 0 Å². The number of carboxylic acid groups (broad SMARTS) is 1. The lowest BCUT2D eigenvalue weighted by molar-refractivity contribution is -0.134. The van der Waals surface area contributed by atoms with Crippen molar-refractivity contribution in [2.75, 3.05) is 0 Å². The Morgan fingerprint density at radius 3 is 2.00 bits per heavy atom. The first-order chi connectivity index (χ1) is 4.33. The van der Waals surface area contributed by atoms with Gasteiger partial charge in [0, 0.05) is 0 Å². The van der Waals surface area contributed by atoms with E-state index in [1.165, 1.54) is 0 Å². The van der Waals surface area contributed by atoms with Gasteiger partial charge in [0.2, 0.25) is 5.83 Å². The van der Waals surface area contributed by atoms with Gasteiger partial charge in [-0.3, -0.25) is 0 Å². The molecule has 0 spiro atoms. The van der Waals surface area contributed by atoms with Crippen molar-refractivity contribution in [1.29, 1.82) is 0 Å². The minimum absolute atomic E-state index is 0.414. The number of aliphatic carboxylic acids is 1. The van der Waals surface area contributed by atoms with E-state index in [2.05, 4.69) is 0 Å². The van der Waals surface area contributed by atoms with Crippen molar-refractivity contribution in [3.05, 3.63) is 11.9 Å². The zero-order valence-corrected chi connectivity index (χ0v) is 6.31. The van der Waals surface area contributed by atoms with Gasteiger partial charge in [0.25, 0.3) is 0 Å². The Kier molecular flexibility index (Phi) is 2.57. The van der Waals surface area contributed by atoms with E-state index < -0.39 is 17.2 Å². The quantitative estimate of drug-likeness (QED) is 0.574. The van der Waals surface area contributed by atoms with Crippen molar-refractivity contribution in [2.24, 2.45) is 5.41 Å². The highest BCUT2D eigenvalue weighted by Crippen LogP contribution is 2.17. The average molecular weight is 146 g/mol. The summed E-state index contributed by atoms with van der Waals surface area (Å²) in [6.45, 7) is 5.20. The second-order valence-corrected chi connectivity index (χ2v) is 3.16. The Balaban J connectivity index is 4.32. The fourth-order valence-corrected chi connectivity index (χ4v) is 0.442. The molecule has 0 fully saturated rings. The lowest BCUT2D eigenvalue weighted by Crippen LogP contribution is -2.04. The summed E-state index contributed by atoms with van der Waals surface area (Å²) in [4.78, 5) is 9.93. The van der Waals surface area contributed by atoms with Crippen LogP contribution >= 0.6 is 0 Å². The molecule has 0 atom stereocenters. The van der Waals surface area contributed by atoms with Gasteiger partial charge in [0.1, 0.15) is 0 Å². The van der Waals surface area contributed by atoms with Crippen LogP contribution in [0.15, 0.2) is 11.9 Å². The maximum absolute atomic E-state index is 12.3. The Labute approximate surface area is 59.4 Å². The molecule has 0 aliphatic rings. The summed E-state index contributed by atoms with van der Waals surface area (Å²) in [5.74, 6) is -2.59. The first-order valence-electron chi connectivity index (χ1n) is 2.94. The molecule has 0 aliphatic carbocycles. The second kappa shape index (κ2) is 2.82. The molecule has 58 valence electrons. The lowest BCUT2D eigenvalue weighted by atomic mass is 9.96. The molecule has 0 saturated heterocycles. The third-order valence-corrected chi connectivity index (χ3v) is 0.764. The highest BCUT2D eigenvalue weighted by atomic mass is 19.1. The summed E-state index contributed by atoms with van der Waals surface area (Å²) >= 11 is 0. The van der Waals surface area contributed by atoms with Gasteiger partial charge in [-0.2, -0.15) is 4.39 Å². The van der Waals surface area contributed by atoms with Crippen LogP contribution < -0.4 is 0 Å². The van der Waals surface area contributed by atoms with E-state index in [1.54, 1.807) is 20.8 Å². The third-order valence-electron chi connectivity index (χ3n) is 0.764. The fraction of sp³-hybridized carbons (Fsp3) is 0.571. The normalized spacial score (nSPS) is 13.4. The number of rotatable bonds is 1. The number of hydrogen-bond donors (Lipinski definition) is 1. The minimum atomic E-state index is -1.50. The summed E-state index contributed by atoms with van der Waals surface area (Å²) in [5.41, 5.74) is -0.414. The smallest absolute Gasteiger partial charge is 0.364 e. The standard InChI is InChI=1S/C7H11FO2/c1-7(2,3)4-5(8)6(9)10/h4H,1-3H3,(H,9,10). The van der Waals surface area contributed by atoms with Crippen molar-refractivity contribution >= 4 is 5.97 Å². The summed E-state index contributed by atoms with van der Waals surface area (Å²) < 4.78 is 12.3. The van der Waals surface area contributed by atoms with Crippen LogP contribution in [0.3, 0.4) is 0 Å². The molecule has 0 heterocycles. The summed E-state index contributed by atoms with van der Waals surface area (Å²) in [6, 6.07) is 0. The van der Waals surface area contributed by atoms with Gasteiger partial charge in [-0.25, -0.2) is 4.79 Å². The predicted molar refractivity (Wildman–Crippen MR) is 36.3 cm³/mol. The molecule has 1 N–H and O–H groups in total. The van der Waals surface area contributed by atoms with E-state index in [1.807, 2.05) is 0 Å². The molecule has 0 bridgehead atoms. The van der Waals surface area contributed by atoms with E-state index in [0.717, 1.165) is 6.08 Å². The predicted octanol–water partition coefficient (Wildman–Crippen LogP) is 1.97. The monoisotopic (exact) mass is 146 g/mol. The van der Waals surface area contributed by atoms with E-state index in [9.17, 15) is 9.18 Å². The highest BCUT2D eigenvalue weighted by Gasteiger charge is 2.12. The van der Waals surface area contributed by atoms with Crippen LogP contribution in [-0.4, -0.2) is 11.1 Å². The molecule has 0 aliphatic heterocycles. The van der Waals surface area contributed by atoms with E-state index >= 15 is 0 Å². The molecule has 0 amide bonds. The molecule has 0 aromatic heterocycles. The summed E-state index contributed by atoms with van der Waals surface area (Å²) in [5, 5.41) is 8.10. The van der Waals surface area contributed by atoms with Crippen LogP contribution in [0.2, 0.25) is 0 Å². The van der Waals surface area contributed by atoms with Gasteiger partial charge >= 0.3 is 5.97 Å². The van der Waals surface area contributed by atoms with Gasteiger partial charge in [-0.15, -0.1) is 0 Å². The SMILES string of the molecule is CC(C)(C)C=C(F)C(=O)O. The Morgan fingerprint density at radius 1 is 1.50 bits per heavy atom. The van der Waals surface area contributed by atoms with Gasteiger partial charge in [0.15, 0.2) is 0 Å². The van der Waals surface area contributed by atoms with Crippen LogP contribution in [-0.2, 0) is 4.79 Å². The maximum Gasteiger partial charge on any atom is 0.364 e. The van der Waals surface area contributed by atoms with Crippen molar-refractivity contribution in [3.8, 4) is 0 Å². The molecule has 10 heavy (non-hydrogen) atoms. The molecule has 3 heteroatoms. The van der Waals surface area contributed by atoms with E-state index in [4.69, 9.17) is 5.11 Å². The van der Waals surface area contributed by atoms with E-state index in [0.29, 0.717) is 0 Å². The zero-order chi connectivity index (χ0) is 8.36. The molecule has 0 unspecified atom stereocenters. The Bertz CT molecular complexity index is 165. The van der Waals surface area contributed by atoms with Gasteiger partial charge < -0.3 is 5.11 Å². The topological polar surface area (TPSA) is 37.3 Å². The highest BCUT2D eigenvalue weighted by molar-refractivity contribution is 5.83. The van der Waals surface area contributed by atoms with Crippen molar-refractivity contribution in [1.82, 2.24) is 0 Å². The molecule has 0 radical (unpaired) electrons. The van der Waals surface area contributed by atoms with Crippen molar-refractivity contribution in [2.45, 2.75) is 20.8 Å². The van der Waals surface area contributed by atoms with Crippen molar-refractivity contribution in [3.63, 3.8) is 0 Å². The molecular weight excluding hydrogens is 135 g/mol. The van der Waals surface area contributed by atoms with Crippen molar-refractivity contribution < 1.29 is 14.3 Å². The second-order valence-electron chi connectivity index (χ2n) is 3.16. The third kappa shape index (κ3) is 4.06. The maximum atomic E-state index is 12.3. The lowest BCUT2D eigenvalue weighted by Gasteiger charge is -2.10. The Morgan fingerprint density at radius 2 is 1.90 bits per heavy atom. The Hall–Kier alpha value is -0.860. The number of allylic oxidation sites excluding steroid dienone is 1. The molecule has 0 rings (SSSR count). The van der Waals surface area contributed by atoms with Crippen LogP contribution in [0.4, 0.5) is 4.39 Å².